The van der Waals surface area contributed by atoms with Crippen LogP contribution in [0.4, 0.5) is 0 Å². The smallest absolute Gasteiger partial charge is 0.137 e. The van der Waals surface area contributed by atoms with Crippen LogP contribution in [-0.4, -0.2) is 13.7 Å². The third-order valence-corrected chi connectivity index (χ3v) is 3.23. The highest BCUT2D eigenvalue weighted by atomic mass is 35.5. The van der Waals surface area contributed by atoms with Gasteiger partial charge in [0.25, 0.3) is 0 Å². The van der Waals surface area contributed by atoms with Crippen LogP contribution in [0.25, 0.3) is 0 Å². The molecule has 0 saturated heterocycles. The second-order valence-electron chi connectivity index (χ2n) is 4.03. The van der Waals surface area contributed by atoms with Crippen molar-refractivity contribution in [3.63, 3.8) is 0 Å². The summed E-state index contributed by atoms with van der Waals surface area (Å²) in [5.74, 6) is 0.617. The van der Waals surface area contributed by atoms with E-state index < -0.39 is 0 Å². The van der Waals surface area contributed by atoms with Gasteiger partial charge in [0.05, 0.1) is 23.6 Å². The van der Waals surface area contributed by atoms with Crippen LogP contribution in [0.5, 0.6) is 5.75 Å². The molecule has 18 heavy (non-hydrogen) atoms. The van der Waals surface area contributed by atoms with E-state index in [0.717, 1.165) is 12.0 Å². The number of hydrogen-bond donors (Lipinski definition) is 1. The van der Waals surface area contributed by atoms with E-state index >= 15 is 0 Å². The molecule has 2 unspecified atom stereocenters. The maximum absolute atomic E-state index is 9.15. The average molecular weight is 267 g/mol. The first-order chi connectivity index (χ1) is 8.67. The third kappa shape index (κ3) is 3.38. The largest absolute Gasteiger partial charge is 0.492 e. The summed E-state index contributed by atoms with van der Waals surface area (Å²) in [4.78, 5) is 0. The Morgan fingerprint density at radius 3 is 2.61 bits per heavy atom. The van der Waals surface area contributed by atoms with E-state index in [-0.39, 0.29) is 12.0 Å². The number of ether oxygens (including phenoxy) is 1. The molecule has 0 aliphatic carbocycles. The Morgan fingerprint density at radius 2 is 2.17 bits per heavy atom. The fraction of sp³-hybridized carbons (Fsp3) is 0.500. The number of hydrogen-bond acceptors (Lipinski definition) is 3. The lowest BCUT2D eigenvalue weighted by atomic mass is 9.92. The zero-order valence-corrected chi connectivity index (χ0v) is 11.8. The Balaban J connectivity index is 3.01. The molecule has 0 bridgehead atoms. The van der Waals surface area contributed by atoms with Gasteiger partial charge >= 0.3 is 0 Å². The standard InChI is InChI=1S/C14H19ClN2O/c1-4-10(9-16)14(17-3)11-6-7-13(18-5-2)12(15)8-11/h6-8,10,14,17H,4-5H2,1-3H3. The second-order valence-corrected chi connectivity index (χ2v) is 4.44. The number of nitriles is 1. The summed E-state index contributed by atoms with van der Waals surface area (Å²) in [5, 5.41) is 12.9. The first kappa shape index (κ1) is 14.8. The predicted octanol–water partition coefficient (Wildman–Crippen LogP) is 3.55. The predicted molar refractivity (Wildman–Crippen MR) is 73.8 cm³/mol. The van der Waals surface area contributed by atoms with Crippen molar-refractivity contribution < 1.29 is 4.74 Å². The van der Waals surface area contributed by atoms with E-state index in [4.69, 9.17) is 21.6 Å². The van der Waals surface area contributed by atoms with E-state index in [0.29, 0.717) is 17.4 Å². The zero-order chi connectivity index (χ0) is 13.5. The van der Waals surface area contributed by atoms with E-state index in [9.17, 15) is 0 Å². The molecule has 4 heteroatoms. The van der Waals surface area contributed by atoms with Crippen molar-refractivity contribution >= 4 is 11.6 Å². The second kappa shape index (κ2) is 7.25. The van der Waals surface area contributed by atoms with Crippen LogP contribution in [0.15, 0.2) is 18.2 Å². The molecule has 1 N–H and O–H groups in total. The van der Waals surface area contributed by atoms with E-state index in [1.807, 2.05) is 39.1 Å². The minimum atomic E-state index is -0.0657. The van der Waals surface area contributed by atoms with Gasteiger partial charge in [-0.05, 0) is 38.1 Å². The number of benzene rings is 1. The number of halogens is 1. The number of nitrogens with one attached hydrogen (secondary N) is 1. The first-order valence-electron chi connectivity index (χ1n) is 6.17. The molecule has 0 fully saturated rings. The molecular weight excluding hydrogens is 248 g/mol. The van der Waals surface area contributed by atoms with Crippen LogP contribution in [0.1, 0.15) is 31.9 Å². The highest BCUT2D eigenvalue weighted by Gasteiger charge is 2.20. The van der Waals surface area contributed by atoms with Crippen LogP contribution in [0, 0.1) is 17.2 Å². The molecule has 2 atom stereocenters. The summed E-state index contributed by atoms with van der Waals surface area (Å²) in [6, 6.07) is 8.00. The van der Waals surface area contributed by atoms with Gasteiger partial charge in [0, 0.05) is 6.04 Å². The lowest BCUT2D eigenvalue weighted by Gasteiger charge is -2.21. The normalized spacial score (nSPS) is 13.7. The van der Waals surface area contributed by atoms with Crippen LogP contribution in [-0.2, 0) is 0 Å². The van der Waals surface area contributed by atoms with Gasteiger partial charge in [-0.15, -0.1) is 0 Å². The topological polar surface area (TPSA) is 45.0 Å². The quantitative estimate of drug-likeness (QED) is 0.856. The summed E-state index contributed by atoms with van der Waals surface area (Å²) in [7, 11) is 1.86. The van der Waals surface area contributed by atoms with Crippen molar-refractivity contribution in [2.24, 2.45) is 5.92 Å². The molecule has 0 saturated carbocycles. The van der Waals surface area contributed by atoms with Gasteiger partial charge in [-0.2, -0.15) is 5.26 Å². The van der Waals surface area contributed by atoms with E-state index in [1.165, 1.54) is 0 Å². The number of nitrogens with zero attached hydrogens (tertiary/aromatic N) is 1. The van der Waals surface area contributed by atoms with Gasteiger partial charge in [0.1, 0.15) is 5.75 Å². The van der Waals surface area contributed by atoms with Crippen molar-refractivity contribution in [1.29, 1.82) is 5.26 Å². The molecule has 1 rings (SSSR count). The molecule has 0 amide bonds. The summed E-state index contributed by atoms with van der Waals surface area (Å²) in [5.41, 5.74) is 1.01. The highest BCUT2D eigenvalue weighted by Crippen LogP contribution is 2.31. The van der Waals surface area contributed by atoms with Gasteiger partial charge in [-0.25, -0.2) is 0 Å². The molecule has 0 spiro atoms. The molecule has 1 aromatic carbocycles. The van der Waals surface area contributed by atoms with E-state index in [2.05, 4.69) is 11.4 Å². The Bertz CT molecular complexity index is 428. The average Bonchev–Trinajstić information content (AvgIpc) is 2.38. The SMILES string of the molecule is CCOc1ccc(C(NC)C(C#N)CC)cc1Cl. The molecule has 98 valence electrons. The van der Waals surface area contributed by atoms with Crippen LogP contribution < -0.4 is 10.1 Å². The highest BCUT2D eigenvalue weighted by molar-refractivity contribution is 6.32. The third-order valence-electron chi connectivity index (χ3n) is 2.93. The molecule has 0 aliphatic rings. The fourth-order valence-electron chi connectivity index (χ4n) is 1.98. The minimum absolute atomic E-state index is 0.00632. The molecule has 0 radical (unpaired) electrons. The van der Waals surface area contributed by atoms with Crippen molar-refractivity contribution in [1.82, 2.24) is 5.32 Å². The maximum atomic E-state index is 9.15. The zero-order valence-electron chi connectivity index (χ0n) is 11.0. The number of rotatable bonds is 6. The summed E-state index contributed by atoms with van der Waals surface area (Å²) in [6.07, 6.45) is 0.798. The van der Waals surface area contributed by atoms with Gasteiger partial charge in [-0.1, -0.05) is 24.6 Å². The van der Waals surface area contributed by atoms with Crippen molar-refractivity contribution in [2.75, 3.05) is 13.7 Å². The van der Waals surface area contributed by atoms with Gasteiger partial charge in [0.2, 0.25) is 0 Å². The Labute approximate surface area is 114 Å². The molecule has 0 heterocycles. The Kier molecular flexibility index (Phi) is 5.97. The van der Waals surface area contributed by atoms with Crippen molar-refractivity contribution in [3.8, 4) is 11.8 Å². The van der Waals surface area contributed by atoms with Gasteiger partial charge < -0.3 is 10.1 Å². The lowest BCUT2D eigenvalue weighted by molar-refractivity contribution is 0.340. The summed E-state index contributed by atoms with van der Waals surface area (Å²) in [6.45, 7) is 4.52. The molecule has 3 nitrogen and oxygen atoms in total. The first-order valence-corrected chi connectivity index (χ1v) is 6.54. The molecule has 0 aromatic heterocycles. The van der Waals surface area contributed by atoms with Crippen molar-refractivity contribution in [3.05, 3.63) is 28.8 Å². The minimum Gasteiger partial charge on any atom is -0.492 e. The van der Waals surface area contributed by atoms with Crippen LogP contribution in [0.3, 0.4) is 0 Å². The Hall–Kier alpha value is -1.24. The van der Waals surface area contributed by atoms with Crippen molar-refractivity contribution in [2.45, 2.75) is 26.3 Å². The molecular formula is C14H19ClN2O. The maximum Gasteiger partial charge on any atom is 0.137 e. The molecule has 1 aromatic rings. The summed E-state index contributed by atoms with van der Waals surface area (Å²) < 4.78 is 5.40. The van der Waals surface area contributed by atoms with Crippen LogP contribution >= 0.6 is 11.6 Å². The van der Waals surface area contributed by atoms with E-state index in [1.54, 1.807) is 0 Å². The summed E-state index contributed by atoms with van der Waals surface area (Å²) >= 11 is 6.16. The van der Waals surface area contributed by atoms with Gasteiger partial charge in [-0.3, -0.25) is 0 Å². The van der Waals surface area contributed by atoms with Gasteiger partial charge in [0.15, 0.2) is 0 Å². The monoisotopic (exact) mass is 266 g/mol. The molecule has 0 aliphatic heterocycles. The fourth-order valence-corrected chi connectivity index (χ4v) is 2.23. The van der Waals surface area contributed by atoms with Crippen LogP contribution in [0.2, 0.25) is 5.02 Å². The lowest BCUT2D eigenvalue weighted by Crippen LogP contribution is -2.24. The Morgan fingerprint density at radius 1 is 1.44 bits per heavy atom.